The Bertz CT molecular complexity index is 546. The maximum atomic E-state index is 12.2. The van der Waals surface area contributed by atoms with Crippen LogP contribution in [0.4, 0.5) is 0 Å². The number of nitrogens with zero attached hydrogens (tertiary/aromatic N) is 1. The number of sulfonamides is 1. The highest BCUT2D eigenvalue weighted by Gasteiger charge is 2.16. The molecule has 0 bridgehead atoms. The van der Waals surface area contributed by atoms with Crippen LogP contribution < -0.4 is 9.46 Å². The van der Waals surface area contributed by atoms with Crippen LogP contribution in [0, 0.1) is 0 Å². The van der Waals surface area contributed by atoms with E-state index in [2.05, 4.69) is 4.72 Å². The highest BCUT2D eigenvalue weighted by Crippen LogP contribution is 2.22. The molecule has 120 valence electrons. The lowest BCUT2D eigenvalue weighted by Crippen LogP contribution is -2.32. The van der Waals surface area contributed by atoms with Crippen molar-refractivity contribution in [2.75, 3.05) is 33.3 Å². The highest BCUT2D eigenvalue weighted by atomic mass is 32.2. The van der Waals surface area contributed by atoms with Gasteiger partial charge in [-0.05, 0) is 38.7 Å². The standard InChI is InChI=1S/C14H24N2O4S/c1-4-16(3)9-8-15-21(18,19)13-6-7-14(20-5-2)12(10-13)11-17/h6-7,10,15,17H,4-5,8-9,11H2,1-3H3. The van der Waals surface area contributed by atoms with Gasteiger partial charge in [-0.2, -0.15) is 0 Å². The summed E-state index contributed by atoms with van der Waals surface area (Å²) in [7, 11) is -1.65. The summed E-state index contributed by atoms with van der Waals surface area (Å²) < 4.78 is 32.3. The van der Waals surface area contributed by atoms with Gasteiger partial charge in [-0.25, -0.2) is 13.1 Å². The first-order valence-electron chi connectivity index (χ1n) is 6.99. The molecule has 0 aromatic heterocycles. The number of ether oxygens (including phenoxy) is 1. The second kappa shape index (κ2) is 8.33. The van der Waals surface area contributed by atoms with Crippen LogP contribution in [-0.4, -0.2) is 51.7 Å². The maximum absolute atomic E-state index is 12.2. The minimum atomic E-state index is -3.57. The molecule has 0 spiro atoms. The third-order valence-corrected chi connectivity index (χ3v) is 4.60. The number of benzene rings is 1. The van der Waals surface area contributed by atoms with Crippen LogP contribution in [0.3, 0.4) is 0 Å². The Kier molecular flexibility index (Phi) is 7.10. The number of rotatable bonds is 9. The molecule has 0 radical (unpaired) electrons. The zero-order valence-corrected chi connectivity index (χ0v) is 13.6. The smallest absolute Gasteiger partial charge is 0.240 e. The third kappa shape index (κ3) is 5.28. The van der Waals surface area contributed by atoms with E-state index in [0.717, 1.165) is 6.54 Å². The molecule has 0 unspecified atom stereocenters. The van der Waals surface area contributed by atoms with Crippen LogP contribution in [0.1, 0.15) is 19.4 Å². The molecular weight excluding hydrogens is 292 g/mol. The first-order valence-corrected chi connectivity index (χ1v) is 8.47. The van der Waals surface area contributed by atoms with E-state index in [9.17, 15) is 13.5 Å². The quantitative estimate of drug-likeness (QED) is 0.705. The van der Waals surface area contributed by atoms with Crippen molar-refractivity contribution in [1.82, 2.24) is 9.62 Å². The molecule has 6 nitrogen and oxygen atoms in total. The van der Waals surface area contributed by atoms with Gasteiger partial charge in [0.05, 0.1) is 18.1 Å². The zero-order valence-electron chi connectivity index (χ0n) is 12.8. The largest absolute Gasteiger partial charge is 0.494 e. The summed E-state index contributed by atoms with van der Waals surface area (Å²) in [6.45, 7) is 5.87. The minimum Gasteiger partial charge on any atom is -0.494 e. The summed E-state index contributed by atoms with van der Waals surface area (Å²) in [5.74, 6) is 0.504. The molecule has 0 aliphatic carbocycles. The van der Waals surface area contributed by atoms with Gasteiger partial charge >= 0.3 is 0 Å². The van der Waals surface area contributed by atoms with Crippen LogP contribution in [-0.2, 0) is 16.6 Å². The number of nitrogens with one attached hydrogen (secondary N) is 1. The van der Waals surface area contributed by atoms with Crippen molar-refractivity contribution in [2.45, 2.75) is 25.3 Å². The van der Waals surface area contributed by atoms with Crippen molar-refractivity contribution in [3.63, 3.8) is 0 Å². The Morgan fingerprint density at radius 2 is 2.05 bits per heavy atom. The summed E-state index contributed by atoms with van der Waals surface area (Å²) in [6, 6.07) is 4.49. The van der Waals surface area contributed by atoms with Crippen molar-refractivity contribution < 1.29 is 18.3 Å². The molecule has 0 aliphatic heterocycles. The molecule has 0 saturated carbocycles. The Hall–Kier alpha value is -1.15. The summed E-state index contributed by atoms with van der Waals surface area (Å²) >= 11 is 0. The lowest BCUT2D eigenvalue weighted by Gasteiger charge is -2.15. The number of hydrogen-bond donors (Lipinski definition) is 2. The molecule has 1 rings (SSSR count). The number of aliphatic hydroxyl groups is 1. The average molecular weight is 316 g/mol. The van der Waals surface area contributed by atoms with Crippen LogP contribution in [0.2, 0.25) is 0 Å². The van der Waals surface area contributed by atoms with Crippen LogP contribution >= 0.6 is 0 Å². The fourth-order valence-corrected chi connectivity index (χ4v) is 2.83. The van der Waals surface area contributed by atoms with E-state index in [4.69, 9.17) is 4.74 Å². The Labute approximate surface area is 126 Å². The molecule has 0 heterocycles. The van der Waals surface area contributed by atoms with E-state index in [0.29, 0.717) is 31.0 Å². The highest BCUT2D eigenvalue weighted by molar-refractivity contribution is 7.89. The average Bonchev–Trinajstić information content (AvgIpc) is 2.47. The second-order valence-electron chi connectivity index (χ2n) is 4.65. The fraction of sp³-hybridized carbons (Fsp3) is 0.571. The van der Waals surface area contributed by atoms with E-state index in [-0.39, 0.29) is 11.5 Å². The molecule has 1 aromatic rings. The first-order chi connectivity index (χ1) is 9.94. The lowest BCUT2D eigenvalue weighted by atomic mass is 10.2. The van der Waals surface area contributed by atoms with Crippen LogP contribution in [0.15, 0.2) is 23.1 Å². The van der Waals surface area contributed by atoms with Crippen molar-refractivity contribution in [3.05, 3.63) is 23.8 Å². The van der Waals surface area contributed by atoms with Crippen molar-refractivity contribution in [2.24, 2.45) is 0 Å². The van der Waals surface area contributed by atoms with E-state index < -0.39 is 10.0 Å². The van der Waals surface area contributed by atoms with Crippen molar-refractivity contribution >= 4 is 10.0 Å². The predicted molar refractivity (Wildman–Crippen MR) is 81.9 cm³/mol. The topological polar surface area (TPSA) is 78.9 Å². The van der Waals surface area contributed by atoms with Crippen molar-refractivity contribution in [1.29, 1.82) is 0 Å². The van der Waals surface area contributed by atoms with Gasteiger partial charge in [0.2, 0.25) is 10.0 Å². The van der Waals surface area contributed by atoms with Gasteiger partial charge < -0.3 is 14.7 Å². The molecule has 0 fully saturated rings. The summed E-state index contributed by atoms with van der Waals surface area (Å²) in [4.78, 5) is 2.15. The van der Waals surface area contributed by atoms with E-state index in [1.807, 2.05) is 25.8 Å². The minimum absolute atomic E-state index is 0.133. The van der Waals surface area contributed by atoms with Gasteiger partial charge in [-0.3, -0.25) is 0 Å². The number of aliphatic hydroxyl groups excluding tert-OH is 1. The van der Waals surface area contributed by atoms with Gasteiger partial charge in [-0.1, -0.05) is 6.92 Å². The third-order valence-electron chi connectivity index (χ3n) is 3.14. The van der Waals surface area contributed by atoms with E-state index >= 15 is 0 Å². The van der Waals surface area contributed by atoms with E-state index in [1.165, 1.54) is 12.1 Å². The normalized spacial score (nSPS) is 11.9. The van der Waals surface area contributed by atoms with Gasteiger partial charge in [0, 0.05) is 18.7 Å². The SMILES string of the molecule is CCOc1ccc(S(=O)(=O)NCCN(C)CC)cc1CO. The Morgan fingerprint density at radius 1 is 1.33 bits per heavy atom. The van der Waals surface area contributed by atoms with Gasteiger partial charge in [0.1, 0.15) is 5.75 Å². The summed E-state index contributed by atoms with van der Waals surface area (Å²) in [5.41, 5.74) is 0.463. The van der Waals surface area contributed by atoms with Crippen LogP contribution in [0.5, 0.6) is 5.75 Å². The molecule has 21 heavy (non-hydrogen) atoms. The van der Waals surface area contributed by atoms with Gasteiger partial charge in [0.15, 0.2) is 0 Å². The molecule has 1 aromatic carbocycles. The summed E-state index contributed by atoms with van der Waals surface area (Å²) in [5, 5.41) is 9.31. The Morgan fingerprint density at radius 3 is 2.62 bits per heavy atom. The maximum Gasteiger partial charge on any atom is 0.240 e. The molecule has 0 saturated heterocycles. The van der Waals surface area contributed by atoms with Crippen molar-refractivity contribution in [3.8, 4) is 5.75 Å². The van der Waals surface area contributed by atoms with Gasteiger partial charge in [0.25, 0.3) is 0 Å². The van der Waals surface area contributed by atoms with Crippen LogP contribution in [0.25, 0.3) is 0 Å². The molecule has 0 amide bonds. The zero-order chi connectivity index (χ0) is 15.9. The molecule has 2 N–H and O–H groups in total. The fourth-order valence-electron chi connectivity index (χ4n) is 1.76. The number of likely N-dealkylation sites (N-methyl/N-ethyl adjacent to an activating group) is 1. The molecule has 0 aliphatic rings. The monoisotopic (exact) mass is 316 g/mol. The lowest BCUT2D eigenvalue weighted by molar-refractivity contribution is 0.266. The summed E-state index contributed by atoms with van der Waals surface area (Å²) in [6.07, 6.45) is 0. The van der Waals surface area contributed by atoms with E-state index in [1.54, 1.807) is 6.07 Å². The van der Waals surface area contributed by atoms with Gasteiger partial charge in [-0.15, -0.1) is 0 Å². The Balaban J connectivity index is 2.83. The number of hydrogen-bond acceptors (Lipinski definition) is 5. The molecule has 7 heteroatoms. The predicted octanol–water partition coefficient (Wildman–Crippen LogP) is 0.808. The first kappa shape index (κ1) is 17.9. The molecular formula is C14H24N2O4S. The second-order valence-corrected chi connectivity index (χ2v) is 6.42. The molecule has 0 atom stereocenters.